The molecule has 2 aliphatic rings. The summed E-state index contributed by atoms with van der Waals surface area (Å²) in [6.45, 7) is 7.58. The quantitative estimate of drug-likeness (QED) is 0.652. The molecule has 4 nitrogen and oxygen atoms in total. The summed E-state index contributed by atoms with van der Waals surface area (Å²) in [6.07, 6.45) is 3.42. The number of fused-ring (bicyclic) bond motifs is 5. The molecule has 5 rings (SSSR count). The molecule has 1 aliphatic carbocycles. The van der Waals surface area contributed by atoms with Gasteiger partial charge in [-0.15, -0.1) is 0 Å². The largest absolute Gasteiger partial charge is 0.508 e. The predicted octanol–water partition coefficient (Wildman–Crippen LogP) is 4.63. The maximum absolute atomic E-state index is 13.6. The number of likely N-dealkylation sites (tertiary alicyclic amines) is 1. The second-order valence-electron chi connectivity index (χ2n) is 9.07. The van der Waals surface area contributed by atoms with Crippen LogP contribution in [-0.4, -0.2) is 33.5 Å². The summed E-state index contributed by atoms with van der Waals surface area (Å²) in [6, 6.07) is 13.9. The average molecular weight is 374 g/mol. The first kappa shape index (κ1) is 17.4. The molecule has 0 radical (unpaired) electrons. The number of nitrogens with one attached hydrogen (secondary N) is 1. The van der Waals surface area contributed by atoms with Crippen LogP contribution in [-0.2, 0) is 11.8 Å². The van der Waals surface area contributed by atoms with Crippen LogP contribution in [0.3, 0.4) is 0 Å². The third-order valence-corrected chi connectivity index (χ3v) is 7.71. The van der Waals surface area contributed by atoms with E-state index < -0.39 is 0 Å². The van der Waals surface area contributed by atoms with Gasteiger partial charge in [0.2, 0.25) is 0 Å². The Kier molecular flexibility index (Phi) is 3.49. The summed E-state index contributed by atoms with van der Waals surface area (Å²) < 4.78 is 0. The Morgan fingerprint density at radius 1 is 1.14 bits per heavy atom. The Balaban J connectivity index is 1.61. The predicted molar refractivity (Wildman–Crippen MR) is 111 cm³/mol. The minimum atomic E-state index is -0.0895. The van der Waals surface area contributed by atoms with Crippen molar-refractivity contribution in [1.29, 1.82) is 0 Å². The molecule has 1 aromatic heterocycles. The van der Waals surface area contributed by atoms with Gasteiger partial charge in [-0.05, 0) is 41.5 Å². The van der Waals surface area contributed by atoms with E-state index in [1.54, 1.807) is 6.07 Å². The Hall–Kier alpha value is -2.75. The summed E-state index contributed by atoms with van der Waals surface area (Å²) >= 11 is 0. The third kappa shape index (κ3) is 2.09. The molecule has 2 bridgehead atoms. The molecule has 3 aromatic rings. The second-order valence-corrected chi connectivity index (χ2v) is 9.07. The molecule has 4 heteroatoms. The highest BCUT2D eigenvalue weighted by molar-refractivity contribution is 6.06. The average Bonchev–Trinajstić information content (AvgIpc) is 3.09. The number of para-hydroxylation sites is 1. The van der Waals surface area contributed by atoms with Gasteiger partial charge in [0, 0.05) is 35.1 Å². The second kappa shape index (κ2) is 5.63. The first-order valence-corrected chi connectivity index (χ1v) is 10.0. The Morgan fingerprint density at radius 2 is 1.93 bits per heavy atom. The molecular formula is C24H26N2O2. The van der Waals surface area contributed by atoms with Gasteiger partial charge in [0.25, 0.3) is 5.91 Å². The minimum Gasteiger partial charge on any atom is -0.508 e. The van der Waals surface area contributed by atoms with Gasteiger partial charge in [-0.3, -0.25) is 4.79 Å². The fourth-order valence-electron chi connectivity index (χ4n) is 5.57. The van der Waals surface area contributed by atoms with Crippen molar-refractivity contribution in [3.63, 3.8) is 0 Å². The summed E-state index contributed by atoms with van der Waals surface area (Å²) in [7, 11) is 0. The molecular weight excluding hydrogens is 348 g/mol. The highest BCUT2D eigenvalue weighted by Crippen LogP contribution is 2.57. The number of aromatic hydroxyl groups is 1. The van der Waals surface area contributed by atoms with E-state index in [9.17, 15) is 9.90 Å². The summed E-state index contributed by atoms with van der Waals surface area (Å²) in [4.78, 5) is 18.9. The molecule has 2 atom stereocenters. The number of piperidine rings is 1. The zero-order valence-electron chi connectivity index (χ0n) is 16.6. The number of carbonyl (C=O) groups is 1. The normalized spacial score (nSPS) is 25.5. The van der Waals surface area contributed by atoms with Gasteiger partial charge in [0.05, 0.1) is 5.56 Å². The van der Waals surface area contributed by atoms with Crippen LogP contribution in [0.1, 0.15) is 48.7 Å². The molecule has 1 amide bonds. The van der Waals surface area contributed by atoms with Gasteiger partial charge in [-0.2, -0.15) is 0 Å². The van der Waals surface area contributed by atoms with Crippen LogP contribution in [0.25, 0.3) is 10.9 Å². The first-order chi connectivity index (χ1) is 13.3. The van der Waals surface area contributed by atoms with Crippen molar-refractivity contribution in [1.82, 2.24) is 9.88 Å². The standard InChI is InChI=1S/C24H26N2O2/c1-23(2)21-13-16-18(8-6-10-20(16)27)24(23,3)11-12-26(21)22(28)17-14-25-19-9-5-4-7-15(17)19/h4-10,14,21,25,27H,11-13H2,1-3H3/t21-,24+/m1/s1. The molecule has 2 heterocycles. The Labute approximate surface area is 165 Å². The molecule has 0 unspecified atom stereocenters. The van der Waals surface area contributed by atoms with Crippen LogP contribution in [0.5, 0.6) is 5.75 Å². The molecule has 0 saturated carbocycles. The SMILES string of the molecule is CC1(C)[C@H]2Cc3c(O)cccc3[C@]1(C)CCN2C(=O)c1c[nH]c2ccccc12. The number of nitrogens with zero attached hydrogens (tertiary/aromatic N) is 1. The van der Waals surface area contributed by atoms with Crippen molar-refractivity contribution in [2.45, 2.75) is 45.1 Å². The number of rotatable bonds is 1. The van der Waals surface area contributed by atoms with Gasteiger partial charge in [0.1, 0.15) is 5.75 Å². The van der Waals surface area contributed by atoms with Crippen LogP contribution in [0.15, 0.2) is 48.7 Å². The van der Waals surface area contributed by atoms with Crippen LogP contribution in [0.2, 0.25) is 0 Å². The number of amides is 1. The van der Waals surface area contributed by atoms with Gasteiger partial charge >= 0.3 is 0 Å². The van der Waals surface area contributed by atoms with Gasteiger partial charge < -0.3 is 15.0 Å². The molecule has 2 aromatic carbocycles. The van der Waals surface area contributed by atoms with E-state index >= 15 is 0 Å². The summed E-state index contributed by atoms with van der Waals surface area (Å²) in [5, 5.41) is 11.5. The first-order valence-electron chi connectivity index (χ1n) is 10.0. The van der Waals surface area contributed by atoms with Gasteiger partial charge in [0.15, 0.2) is 0 Å². The summed E-state index contributed by atoms with van der Waals surface area (Å²) in [5.41, 5.74) is 3.81. The monoisotopic (exact) mass is 374 g/mol. The highest BCUT2D eigenvalue weighted by atomic mass is 16.3. The summed E-state index contributed by atoms with van der Waals surface area (Å²) in [5.74, 6) is 0.432. The number of carbonyl (C=O) groups excluding carboxylic acids is 1. The number of hydrogen-bond donors (Lipinski definition) is 2. The highest BCUT2D eigenvalue weighted by Gasteiger charge is 2.57. The van der Waals surface area contributed by atoms with Crippen molar-refractivity contribution in [3.05, 3.63) is 65.4 Å². The fourth-order valence-corrected chi connectivity index (χ4v) is 5.57. The van der Waals surface area contributed by atoms with Crippen LogP contribution in [0.4, 0.5) is 0 Å². The zero-order chi connectivity index (χ0) is 19.7. The maximum Gasteiger partial charge on any atom is 0.256 e. The van der Waals surface area contributed by atoms with E-state index in [1.807, 2.05) is 41.4 Å². The molecule has 144 valence electrons. The number of aromatic nitrogens is 1. The topological polar surface area (TPSA) is 56.3 Å². The van der Waals surface area contributed by atoms with Crippen molar-refractivity contribution in [3.8, 4) is 5.75 Å². The van der Waals surface area contributed by atoms with E-state index in [2.05, 4.69) is 31.8 Å². The van der Waals surface area contributed by atoms with E-state index in [4.69, 9.17) is 0 Å². The lowest BCUT2D eigenvalue weighted by molar-refractivity contribution is -0.0265. The number of phenolic OH excluding ortho intramolecular Hbond substituents is 1. The lowest BCUT2D eigenvalue weighted by Crippen LogP contribution is -2.64. The fraction of sp³-hybridized carbons (Fsp3) is 0.375. The number of H-pyrrole nitrogens is 1. The number of phenols is 1. The lowest BCUT2D eigenvalue weighted by atomic mass is 9.51. The number of aromatic amines is 1. The van der Waals surface area contributed by atoms with Crippen molar-refractivity contribution < 1.29 is 9.90 Å². The Bertz CT molecular complexity index is 1100. The third-order valence-electron chi connectivity index (χ3n) is 7.71. The zero-order valence-corrected chi connectivity index (χ0v) is 16.6. The maximum atomic E-state index is 13.6. The Morgan fingerprint density at radius 3 is 2.75 bits per heavy atom. The molecule has 1 fully saturated rings. The van der Waals surface area contributed by atoms with Crippen LogP contribution < -0.4 is 0 Å². The number of benzene rings is 2. The molecule has 0 spiro atoms. The smallest absolute Gasteiger partial charge is 0.256 e. The molecule has 1 saturated heterocycles. The lowest BCUT2D eigenvalue weighted by Gasteiger charge is -2.60. The van der Waals surface area contributed by atoms with Crippen LogP contribution in [0, 0.1) is 5.41 Å². The van der Waals surface area contributed by atoms with E-state index in [0.717, 1.165) is 35.0 Å². The van der Waals surface area contributed by atoms with Crippen molar-refractivity contribution in [2.75, 3.05) is 6.54 Å². The number of hydrogen-bond acceptors (Lipinski definition) is 2. The van der Waals surface area contributed by atoms with Crippen molar-refractivity contribution in [2.24, 2.45) is 5.41 Å². The van der Waals surface area contributed by atoms with E-state index in [1.165, 1.54) is 5.56 Å². The van der Waals surface area contributed by atoms with Gasteiger partial charge in [-0.1, -0.05) is 51.1 Å². The van der Waals surface area contributed by atoms with E-state index in [-0.39, 0.29) is 22.8 Å². The minimum absolute atomic E-state index is 0.0493. The molecule has 28 heavy (non-hydrogen) atoms. The molecule has 1 aliphatic heterocycles. The van der Waals surface area contributed by atoms with Crippen molar-refractivity contribution >= 4 is 16.8 Å². The van der Waals surface area contributed by atoms with E-state index in [0.29, 0.717) is 12.2 Å². The van der Waals surface area contributed by atoms with Gasteiger partial charge in [-0.25, -0.2) is 0 Å². The van der Waals surface area contributed by atoms with Crippen LogP contribution >= 0.6 is 0 Å². The molecule has 2 N–H and O–H groups in total.